The average Bonchev–Trinajstić information content (AvgIpc) is 2.80. The number of carbonyl (C=O) groups excluding carboxylic acids is 1. The Morgan fingerprint density at radius 1 is 1.10 bits per heavy atom. The minimum atomic E-state index is -0.624. The molecule has 6 heteroatoms. The molecule has 30 heavy (non-hydrogen) atoms. The van der Waals surface area contributed by atoms with Crippen LogP contribution >= 0.6 is 11.6 Å². The first-order chi connectivity index (χ1) is 14.6. The highest BCUT2D eigenvalue weighted by Crippen LogP contribution is 2.39. The number of benzene rings is 2. The van der Waals surface area contributed by atoms with Gasteiger partial charge >= 0.3 is 0 Å². The molecule has 0 aromatic heterocycles. The van der Waals surface area contributed by atoms with E-state index in [-0.39, 0.29) is 11.9 Å². The van der Waals surface area contributed by atoms with Crippen molar-refractivity contribution in [3.8, 4) is 6.07 Å². The van der Waals surface area contributed by atoms with Gasteiger partial charge < -0.3 is 15.0 Å². The second-order valence-corrected chi connectivity index (χ2v) is 8.47. The number of ether oxygens (including phenoxy) is 1. The molecule has 0 bridgehead atoms. The lowest BCUT2D eigenvalue weighted by atomic mass is 9.73. The SMILES string of the molecule is N#Cc1ccc(N2CCC(NC(=O)C3(c4ccccc4Cl)CCOCC3)CC2)cc1. The summed E-state index contributed by atoms with van der Waals surface area (Å²) in [5.74, 6) is 0.0655. The quantitative estimate of drug-likeness (QED) is 0.805. The van der Waals surface area contributed by atoms with E-state index in [1.807, 2.05) is 48.5 Å². The molecule has 2 aromatic carbocycles. The predicted octanol–water partition coefficient (Wildman–Crippen LogP) is 4.05. The third-order valence-corrected chi connectivity index (χ3v) is 6.69. The minimum Gasteiger partial charge on any atom is -0.381 e. The average molecular weight is 424 g/mol. The molecule has 2 aliphatic heterocycles. The zero-order valence-corrected chi connectivity index (χ0v) is 17.7. The van der Waals surface area contributed by atoms with Gasteiger partial charge in [-0.3, -0.25) is 4.79 Å². The van der Waals surface area contributed by atoms with Crippen molar-refractivity contribution in [2.24, 2.45) is 0 Å². The summed E-state index contributed by atoms with van der Waals surface area (Å²) < 4.78 is 5.56. The van der Waals surface area contributed by atoms with Crippen LogP contribution in [0.2, 0.25) is 5.02 Å². The van der Waals surface area contributed by atoms with Crippen molar-refractivity contribution in [2.75, 3.05) is 31.2 Å². The Kier molecular flexibility index (Phi) is 6.26. The van der Waals surface area contributed by atoms with Gasteiger partial charge in [-0.05, 0) is 61.6 Å². The van der Waals surface area contributed by atoms with E-state index in [1.54, 1.807) is 0 Å². The van der Waals surface area contributed by atoms with E-state index in [2.05, 4.69) is 16.3 Å². The Hall–Kier alpha value is -2.55. The molecule has 4 rings (SSSR count). The van der Waals surface area contributed by atoms with E-state index in [1.165, 1.54) is 0 Å². The van der Waals surface area contributed by atoms with Gasteiger partial charge in [0.25, 0.3) is 0 Å². The summed E-state index contributed by atoms with van der Waals surface area (Å²) in [5.41, 5.74) is 2.07. The van der Waals surface area contributed by atoms with Crippen molar-refractivity contribution in [2.45, 2.75) is 37.1 Å². The van der Waals surface area contributed by atoms with Gasteiger partial charge in [-0.15, -0.1) is 0 Å². The topological polar surface area (TPSA) is 65.4 Å². The second-order valence-electron chi connectivity index (χ2n) is 8.07. The maximum absolute atomic E-state index is 13.5. The van der Waals surface area contributed by atoms with E-state index in [0.29, 0.717) is 36.6 Å². The summed E-state index contributed by atoms with van der Waals surface area (Å²) in [6.45, 7) is 2.88. The molecule has 2 heterocycles. The molecule has 0 atom stereocenters. The fourth-order valence-electron chi connectivity index (χ4n) is 4.54. The van der Waals surface area contributed by atoms with E-state index >= 15 is 0 Å². The summed E-state index contributed by atoms with van der Waals surface area (Å²) in [6, 6.07) is 17.7. The lowest BCUT2D eigenvalue weighted by Crippen LogP contribution is -2.53. The number of nitrogens with zero attached hydrogens (tertiary/aromatic N) is 2. The molecular formula is C24H26ClN3O2. The summed E-state index contributed by atoms with van der Waals surface area (Å²) in [7, 11) is 0. The van der Waals surface area contributed by atoms with Crippen molar-refractivity contribution >= 4 is 23.2 Å². The van der Waals surface area contributed by atoms with Gasteiger partial charge in [-0.25, -0.2) is 0 Å². The molecule has 2 fully saturated rings. The number of nitrogens with one attached hydrogen (secondary N) is 1. The van der Waals surface area contributed by atoms with Crippen LogP contribution in [0.5, 0.6) is 0 Å². The summed E-state index contributed by atoms with van der Waals surface area (Å²) in [4.78, 5) is 15.8. The fraction of sp³-hybridized carbons (Fsp3) is 0.417. The summed E-state index contributed by atoms with van der Waals surface area (Å²) in [6.07, 6.45) is 3.07. The molecule has 0 aliphatic carbocycles. The highest BCUT2D eigenvalue weighted by Gasteiger charge is 2.43. The third kappa shape index (κ3) is 4.16. The first-order valence-corrected chi connectivity index (χ1v) is 10.9. The Morgan fingerprint density at radius 2 is 1.77 bits per heavy atom. The first kappa shape index (κ1) is 20.7. The van der Waals surface area contributed by atoms with E-state index in [0.717, 1.165) is 37.2 Å². The van der Waals surface area contributed by atoms with Crippen LogP contribution in [0.4, 0.5) is 5.69 Å². The van der Waals surface area contributed by atoms with Crippen LogP contribution in [0.3, 0.4) is 0 Å². The van der Waals surface area contributed by atoms with Crippen molar-refractivity contribution in [3.63, 3.8) is 0 Å². The minimum absolute atomic E-state index is 0.0655. The van der Waals surface area contributed by atoms with Crippen LogP contribution in [0, 0.1) is 11.3 Å². The maximum atomic E-state index is 13.5. The Balaban J connectivity index is 1.43. The number of rotatable bonds is 4. The largest absolute Gasteiger partial charge is 0.381 e. The van der Waals surface area contributed by atoms with E-state index in [9.17, 15) is 4.79 Å². The van der Waals surface area contributed by atoms with Crippen molar-refractivity contribution < 1.29 is 9.53 Å². The molecule has 0 saturated carbocycles. The first-order valence-electron chi connectivity index (χ1n) is 10.5. The van der Waals surface area contributed by atoms with Crippen LogP contribution < -0.4 is 10.2 Å². The van der Waals surface area contributed by atoms with E-state index < -0.39 is 5.41 Å². The monoisotopic (exact) mass is 423 g/mol. The Labute approximate surface area is 182 Å². The molecule has 0 spiro atoms. The molecule has 0 radical (unpaired) electrons. The van der Waals surface area contributed by atoms with Crippen LogP contribution in [-0.4, -0.2) is 38.3 Å². The van der Waals surface area contributed by atoms with Crippen molar-refractivity contribution in [1.82, 2.24) is 5.32 Å². The van der Waals surface area contributed by atoms with Crippen LogP contribution in [0.1, 0.15) is 36.8 Å². The number of hydrogen-bond donors (Lipinski definition) is 1. The standard InChI is InChI=1S/C24H26ClN3O2/c25-22-4-2-1-3-21(22)24(11-15-30-16-12-24)23(29)27-19-9-13-28(14-10-19)20-7-5-18(17-26)6-8-20/h1-8,19H,9-16H2,(H,27,29). The molecule has 156 valence electrons. The van der Waals surface area contributed by atoms with Gasteiger partial charge in [0, 0.05) is 43.1 Å². The van der Waals surface area contributed by atoms with Gasteiger partial charge in [-0.1, -0.05) is 29.8 Å². The van der Waals surface area contributed by atoms with Crippen molar-refractivity contribution in [3.05, 3.63) is 64.7 Å². The molecule has 0 unspecified atom stereocenters. The smallest absolute Gasteiger partial charge is 0.231 e. The van der Waals surface area contributed by atoms with Gasteiger partial charge in [0.05, 0.1) is 17.0 Å². The number of amides is 1. The lowest BCUT2D eigenvalue weighted by molar-refractivity contribution is -0.131. The highest BCUT2D eigenvalue weighted by atomic mass is 35.5. The number of nitriles is 1. The fourth-order valence-corrected chi connectivity index (χ4v) is 4.86. The molecule has 2 aliphatic rings. The highest BCUT2D eigenvalue weighted by molar-refractivity contribution is 6.31. The summed E-state index contributed by atoms with van der Waals surface area (Å²) in [5, 5.41) is 12.9. The van der Waals surface area contributed by atoms with Gasteiger partial charge in [0.15, 0.2) is 0 Å². The number of piperidine rings is 1. The third-order valence-electron chi connectivity index (χ3n) is 6.36. The Bertz CT molecular complexity index is 924. The van der Waals surface area contributed by atoms with Crippen LogP contribution in [0.25, 0.3) is 0 Å². The molecule has 1 N–H and O–H groups in total. The zero-order chi connectivity index (χ0) is 21.0. The van der Waals surface area contributed by atoms with Crippen molar-refractivity contribution in [1.29, 1.82) is 5.26 Å². The maximum Gasteiger partial charge on any atom is 0.231 e. The van der Waals surface area contributed by atoms with Gasteiger partial charge in [0.2, 0.25) is 5.91 Å². The lowest BCUT2D eigenvalue weighted by Gasteiger charge is -2.40. The summed E-state index contributed by atoms with van der Waals surface area (Å²) >= 11 is 6.49. The molecule has 5 nitrogen and oxygen atoms in total. The Morgan fingerprint density at radius 3 is 2.40 bits per heavy atom. The number of anilines is 1. The molecular weight excluding hydrogens is 398 g/mol. The number of halogens is 1. The van der Waals surface area contributed by atoms with E-state index in [4.69, 9.17) is 21.6 Å². The molecule has 2 saturated heterocycles. The normalized spacial score (nSPS) is 19.1. The predicted molar refractivity (Wildman–Crippen MR) is 118 cm³/mol. The van der Waals surface area contributed by atoms with Crippen LogP contribution in [-0.2, 0) is 14.9 Å². The van der Waals surface area contributed by atoms with Gasteiger partial charge in [0.1, 0.15) is 0 Å². The zero-order valence-electron chi connectivity index (χ0n) is 16.9. The number of carbonyl (C=O) groups is 1. The second kappa shape index (κ2) is 9.07. The molecule has 1 amide bonds. The molecule has 2 aromatic rings. The van der Waals surface area contributed by atoms with Crippen LogP contribution in [0.15, 0.2) is 48.5 Å². The number of hydrogen-bond acceptors (Lipinski definition) is 4. The van der Waals surface area contributed by atoms with Gasteiger partial charge in [-0.2, -0.15) is 5.26 Å².